The third-order valence-electron chi connectivity index (χ3n) is 2.53. The summed E-state index contributed by atoms with van der Waals surface area (Å²) in [5, 5.41) is 0. The summed E-state index contributed by atoms with van der Waals surface area (Å²) in [6, 6.07) is 6.49. The summed E-state index contributed by atoms with van der Waals surface area (Å²) < 4.78 is 56.0. The van der Waals surface area contributed by atoms with Crippen LogP contribution in [0.4, 0.5) is 23.2 Å². The zero-order valence-corrected chi connectivity index (χ0v) is 10.1. The molecule has 1 heterocycles. The van der Waals surface area contributed by atoms with Gasteiger partial charge < -0.3 is 10.5 Å². The van der Waals surface area contributed by atoms with Crippen LogP contribution in [-0.2, 0) is 12.8 Å². The molecule has 1 aromatic carbocycles. The summed E-state index contributed by atoms with van der Waals surface area (Å²) in [4.78, 5) is 3.18. The molecule has 0 aliphatic rings. The van der Waals surface area contributed by atoms with Crippen LogP contribution >= 0.6 is 0 Å². The van der Waals surface area contributed by atoms with Crippen LogP contribution in [0.15, 0.2) is 36.5 Å². The fraction of sp³-hybridized carbons (Fsp3) is 0.154. The van der Waals surface area contributed by atoms with Crippen molar-refractivity contribution in [3.8, 4) is 5.75 Å². The minimum absolute atomic E-state index is 0.0469. The molecule has 7 heteroatoms. The van der Waals surface area contributed by atoms with Gasteiger partial charge in [-0.2, -0.15) is 13.2 Å². The lowest BCUT2D eigenvalue weighted by atomic mass is 10.2. The Bertz CT molecular complexity index is 614. The number of rotatable bonds is 3. The number of halogens is 4. The standard InChI is InChI=1S/C13H10F4N2O/c14-9-4-2-1-3-8(9)7-20-11-5-12(13(15,16)17)19-6-10(11)18/h1-6H,7,18H2. The van der Waals surface area contributed by atoms with Crippen molar-refractivity contribution < 1.29 is 22.3 Å². The molecule has 0 aliphatic carbocycles. The summed E-state index contributed by atoms with van der Waals surface area (Å²) in [5.41, 5.74) is 4.54. The van der Waals surface area contributed by atoms with E-state index in [1.165, 1.54) is 18.2 Å². The summed E-state index contributed by atoms with van der Waals surface area (Å²) in [7, 11) is 0. The van der Waals surface area contributed by atoms with Gasteiger partial charge >= 0.3 is 6.18 Å². The number of alkyl halides is 3. The Morgan fingerprint density at radius 1 is 1.20 bits per heavy atom. The Hall–Kier alpha value is -2.31. The number of hydrogen-bond acceptors (Lipinski definition) is 3. The second-order valence-electron chi connectivity index (χ2n) is 3.99. The third kappa shape index (κ3) is 3.17. The monoisotopic (exact) mass is 286 g/mol. The highest BCUT2D eigenvalue weighted by molar-refractivity contribution is 5.51. The van der Waals surface area contributed by atoms with Gasteiger partial charge in [-0.15, -0.1) is 0 Å². The minimum atomic E-state index is -4.59. The number of benzene rings is 1. The molecule has 20 heavy (non-hydrogen) atoms. The Labute approximate surface area is 112 Å². The van der Waals surface area contributed by atoms with Gasteiger partial charge in [-0.1, -0.05) is 18.2 Å². The Kier molecular flexibility index (Phi) is 3.78. The number of pyridine rings is 1. The maximum Gasteiger partial charge on any atom is 0.433 e. The minimum Gasteiger partial charge on any atom is -0.487 e. The molecule has 0 radical (unpaired) electrons. The quantitative estimate of drug-likeness (QED) is 0.880. The van der Waals surface area contributed by atoms with Crippen LogP contribution in [0.3, 0.4) is 0 Å². The topological polar surface area (TPSA) is 48.1 Å². The first-order valence-electron chi connectivity index (χ1n) is 5.57. The Balaban J connectivity index is 2.19. The van der Waals surface area contributed by atoms with Crippen LogP contribution in [0.1, 0.15) is 11.3 Å². The molecule has 0 atom stereocenters. The molecule has 0 amide bonds. The Morgan fingerprint density at radius 3 is 2.55 bits per heavy atom. The molecule has 0 fully saturated rings. The third-order valence-corrected chi connectivity index (χ3v) is 2.53. The molecule has 2 aromatic rings. The highest BCUT2D eigenvalue weighted by atomic mass is 19.4. The fourth-order valence-corrected chi connectivity index (χ4v) is 1.50. The van der Waals surface area contributed by atoms with Crippen molar-refractivity contribution in [3.63, 3.8) is 0 Å². The lowest BCUT2D eigenvalue weighted by molar-refractivity contribution is -0.141. The van der Waals surface area contributed by atoms with E-state index in [4.69, 9.17) is 10.5 Å². The molecule has 106 valence electrons. The van der Waals surface area contributed by atoms with Crippen molar-refractivity contribution in [1.29, 1.82) is 0 Å². The number of nitrogen functional groups attached to an aromatic ring is 1. The van der Waals surface area contributed by atoms with Crippen LogP contribution in [0, 0.1) is 5.82 Å². The van der Waals surface area contributed by atoms with Gasteiger partial charge in [0.2, 0.25) is 0 Å². The van der Waals surface area contributed by atoms with Gasteiger partial charge in [0, 0.05) is 11.6 Å². The van der Waals surface area contributed by atoms with E-state index in [-0.39, 0.29) is 23.6 Å². The average Bonchev–Trinajstić information content (AvgIpc) is 2.38. The summed E-state index contributed by atoms with van der Waals surface area (Å²) >= 11 is 0. The van der Waals surface area contributed by atoms with E-state index in [2.05, 4.69) is 4.98 Å². The SMILES string of the molecule is Nc1cnc(C(F)(F)F)cc1OCc1ccccc1F. The van der Waals surface area contributed by atoms with E-state index in [0.717, 1.165) is 6.20 Å². The number of anilines is 1. The molecule has 0 saturated heterocycles. The van der Waals surface area contributed by atoms with Gasteiger partial charge in [0.15, 0.2) is 0 Å². The van der Waals surface area contributed by atoms with E-state index in [0.29, 0.717) is 6.07 Å². The largest absolute Gasteiger partial charge is 0.487 e. The van der Waals surface area contributed by atoms with Crippen molar-refractivity contribution in [2.45, 2.75) is 12.8 Å². The molecule has 0 spiro atoms. The average molecular weight is 286 g/mol. The van der Waals surface area contributed by atoms with E-state index in [1.54, 1.807) is 6.07 Å². The number of nitrogens with two attached hydrogens (primary N) is 1. The summed E-state index contributed by atoms with van der Waals surface area (Å²) in [6.45, 7) is -0.224. The van der Waals surface area contributed by atoms with Crippen LogP contribution < -0.4 is 10.5 Å². The van der Waals surface area contributed by atoms with E-state index < -0.39 is 17.7 Å². The number of ether oxygens (including phenoxy) is 1. The first kappa shape index (κ1) is 14.1. The van der Waals surface area contributed by atoms with Gasteiger partial charge in [-0.3, -0.25) is 0 Å². The molecular formula is C13H10F4N2O. The molecule has 2 rings (SSSR count). The molecular weight excluding hydrogens is 276 g/mol. The lowest BCUT2D eigenvalue weighted by Gasteiger charge is -2.12. The van der Waals surface area contributed by atoms with Gasteiger partial charge in [0.1, 0.15) is 23.9 Å². The van der Waals surface area contributed by atoms with E-state index in [9.17, 15) is 17.6 Å². The number of aromatic nitrogens is 1. The summed E-state index contributed by atoms with van der Waals surface area (Å²) in [6.07, 6.45) is -3.73. The molecule has 0 aliphatic heterocycles. The van der Waals surface area contributed by atoms with Crippen LogP contribution in [0.25, 0.3) is 0 Å². The number of nitrogens with zero attached hydrogens (tertiary/aromatic N) is 1. The van der Waals surface area contributed by atoms with E-state index in [1.807, 2.05) is 0 Å². The van der Waals surface area contributed by atoms with Crippen LogP contribution in [-0.4, -0.2) is 4.98 Å². The maximum absolute atomic E-state index is 13.4. The Morgan fingerprint density at radius 2 is 1.90 bits per heavy atom. The van der Waals surface area contributed by atoms with Gasteiger partial charge in [-0.05, 0) is 6.07 Å². The second kappa shape index (κ2) is 5.36. The molecule has 1 aromatic heterocycles. The van der Waals surface area contributed by atoms with Crippen LogP contribution in [0.2, 0.25) is 0 Å². The maximum atomic E-state index is 13.4. The smallest absolute Gasteiger partial charge is 0.433 e. The molecule has 0 saturated carbocycles. The predicted octanol–water partition coefficient (Wildman–Crippen LogP) is 3.40. The van der Waals surface area contributed by atoms with Crippen molar-refractivity contribution in [1.82, 2.24) is 4.98 Å². The molecule has 0 unspecified atom stereocenters. The summed E-state index contributed by atoms with van der Waals surface area (Å²) in [5.74, 6) is -0.688. The normalized spacial score (nSPS) is 11.4. The molecule has 0 bridgehead atoms. The second-order valence-corrected chi connectivity index (χ2v) is 3.99. The highest BCUT2D eigenvalue weighted by Crippen LogP contribution is 2.32. The number of hydrogen-bond donors (Lipinski definition) is 1. The first-order chi connectivity index (χ1) is 9.38. The van der Waals surface area contributed by atoms with Gasteiger partial charge in [-0.25, -0.2) is 9.37 Å². The van der Waals surface area contributed by atoms with Crippen molar-refractivity contribution in [3.05, 3.63) is 53.6 Å². The van der Waals surface area contributed by atoms with E-state index >= 15 is 0 Å². The highest BCUT2D eigenvalue weighted by Gasteiger charge is 2.33. The van der Waals surface area contributed by atoms with Crippen LogP contribution in [0.5, 0.6) is 5.75 Å². The first-order valence-corrected chi connectivity index (χ1v) is 5.57. The van der Waals surface area contributed by atoms with Crippen molar-refractivity contribution in [2.75, 3.05) is 5.73 Å². The zero-order chi connectivity index (χ0) is 14.8. The fourth-order valence-electron chi connectivity index (χ4n) is 1.50. The van der Waals surface area contributed by atoms with Gasteiger partial charge in [0.25, 0.3) is 0 Å². The molecule has 3 nitrogen and oxygen atoms in total. The predicted molar refractivity (Wildman–Crippen MR) is 64.4 cm³/mol. The van der Waals surface area contributed by atoms with Crippen molar-refractivity contribution >= 4 is 5.69 Å². The van der Waals surface area contributed by atoms with Crippen molar-refractivity contribution in [2.24, 2.45) is 0 Å². The zero-order valence-electron chi connectivity index (χ0n) is 10.1. The molecule has 2 N–H and O–H groups in total. The van der Waals surface area contributed by atoms with Gasteiger partial charge in [0.05, 0.1) is 11.9 Å². The lowest BCUT2D eigenvalue weighted by Crippen LogP contribution is -2.09.